The average Bonchev–Trinajstić information content (AvgIpc) is 3.35. The number of carbonyl (C=O) groups is 3. The van der Waals surface area contributed by atoms with Crippen LogP contribution >= 0.6 is 0 Å². The molecule has 0 radical (unpaired) electrons. The van der Waals surface area contributed by atoms with E-state index < -0.39 is 12.1 Å². The number of allylic oxidation sites excluding steroid dienone is 24. The maximum Gasteiger partial charge on any atom is 0.306 e. The molecule has 0 saturated carbocycles. The highest BCUT2D eigenvalue weighted by Crippen LogP contribution is 2.12. The van der Waals surface area contributed by atoms with Gasteiger partial charge in [-0.25, -0.2) is 0 Å². The zero-order valence-corrected chi connectivity index (χ0v) is 44.0. The second-order valence-corrected chi connectivity index (χ2v) is 17.4. The van der Waals surface area contributed by atoms with Gasteiger partial charge in [0.15, 0.2) is 6.10 Å². The Bertz CT molecular complexity index is 1560. The van der Waals surface area contributed by atoms with Crippen molar-refractivity contribution in [2.75, 3.05) is 13.2 Å². The minimum absolute atomic E-state index is 0.116. The summed E-state index contributed by atoms with van der Waals surface area (Å²) in [6, 6.07) is 0. The fraction of sp³-hybridized carbons (Fsp3) is 0.571. The Morgan fingerprint density at radius 1 is 0.304 bits per heavy atom. The molecular weight excluding hydrogens is 853 g/mol. The third kappa shape index (κ3) is 54.1. The lowest BCUT2D eigenvalue weighted by Crippen LogP contribution is -2.30. The molecule has 0 spiro atoms. The minimum atomic E-state index is -0.824. The van der Waals surface area contributed by atoms with Gasteiger partial charge in [-0.1, -0.05) is 231 Å². The highest BCUT2D eigenvalue weighted by atomic mass is 16.6. The van der Waals surface area contributed by atoms with E-state index in [9.17, 15) is 14.4 Å². The fourth-order valence-corrected chi connectivity index (χ4v) is 6.82. The first-order chi connectivity index (χ1) is 34.0. The second kappa shape index (κ2) is 55.9. The molecule has 6 heteroatoms. The van der Waals surface area contributed by atoms with Crippen molar-refractivity contribution in [1.29, 1.82) is 0 Å². The number of hydrogen-bond donors (Lipinski definition) is 0. The number of rotatable bonds is 47. The monoisotopic (exact) mass is 951 g/mol. The van der Waals surface area contributed by atoms with Crippen LogP contribution in [-0.4, -0.2) is 37.2 Å². The van der Waals surface area contributed by atoms with Gasteiger partial charge in [-0.2, -0.15) is 0 Å². The predicted molar refractivity (Wildman–Crippen MR) is 297 cm³/mol. The average molecular weight is 951 g/mol. The zero-order chi connectivity index (χ0) is 50.0. The molecule has 0 saturated heterocycles. The van der Waals surface area contributed by atoms with E-state index in [1.807, 2.05) is 12.2 Å². The zero-order valence-electron chi connectivity index (χ0n) is 44.0. The minimum Gasteiger partial charge on any atom is -0.462 e. The van der Waals surface area contributed by atoms with E-state index in [1.54, 1.807) is 0 Å². The lowest BCUT2D eigenvalue weighted by atomic mass is 10.1. The van der Waals surface area contributed by atoms with Gasteiger partial charge in [0.05, 0.1) is 0 Å². The first-order valence-electron chi connectivity index (χ1n) is 27.3. The molecule has 6 nitrogen and oxygen atoms in total. The summed E-state index contributed by atoms with van der Waals surface area (Å²) in [6.45, 7) is 6.26. The van der Waals surface area contributed by atoms with E-state index in [0.717, 1.165) is 128 Å². The molecule has 1 atom stereocenters. The van der Waals surface area contributed by atoms with Crippen LogP contribution in [0.4, 0.5) is 0 Å². The van der Waals surface area contributed by atoms with E-state index >= 15 is 0 Å². The summed E-state index contributed by atoms with van der Waals surface area (Å²) in [6.07, 6.45) is 80.2. The Labute approximate surface area is 423 Å². The lowest BCUT2D eigenvalue weighted by molar-refractivity contribution is -0.166. The molecular formula is C63H98O6. The lowest BCUT2D eigenvalue weighted by Gasteiger charge is -2.18. The van der Waals surface area contributed by atoms with Gasteiger partial charge < -0.3 is 14.2 Å². The van der Waals surface area contributed by atoms with Gasteiger partial charge in [0, 0.05) is 19.3 Å². The molecule has 1 unspecified atom stereocenters. The van der Waals surface area contributed by atoms with E-state index in [4.69, 9.17) is 14.2 Å². The molecule has 0 rings (SSSR count). The normalized spacial score (nSPS) is 13.3. The summed E-state index contributed by atoms with van der Waals surface area (Å²) in [5, 5.41) is 0. The van der Waals surface area contributed by atoms with Crippen molar-refractivity contribution in [1.82, 2.24) is 0 Å². The van der Waals surface area contributed by atoms with Crippen LogP contribution < -0.4 is 0 Å². The summed E-state index contributed by atoms with van der Waals surface area (Å²) in [5.41, 5.74) is 0. The first-order valence-corrected chi connectivity index (χ1v) is 27.3. The molecule has 386 valence electrons. The van der Waals surface area contributed by atoms with Crippen LogP contribution in [0.3, 0.4) is 0 Å². The molecule has 0 bridgehead atoms. The van der Waals surface area contributed by atoms with Crippen molar-refractivity contribution >= 4 is 17.9 Å². The van der Waals surface area contributed by atoms with Crippen molar-refractivity contribution in [2.45, 2.75) is 219 Å². The SMILES string of the molecule is CC/C=C\C/C=C\C/C=C\C/C=C\C/C=C\C/C=C\C/C=C\C/C=C\CCCCCCCCC(=O)OCC(COC(=O)CCCCCCCCC)OC(=O)CC/C=C\C/C=C\C/C=C\C/C=C\CC. The molecule has 0 aliphatic heterocycles. The molecule has 0 N–H and O–H groups in total. The van der Waals surface area contributed by atoms with Crippen molar-refractivity contribution in [3.05, 3.63) is 146 Å². The number of ether oxygens (including phenoxy) is 3. The van der Waals surface area contributed by atoms with E-state index in [1.165, 1.54) is 38.5 Å². The molecule has 0 fully saturated rings. The van der Waals surface area contributed by atoms with Crippen LogP contribution in [0.5, 0.6) is 0 Å². The van der Waals surface area contributed by atoms with E-state index in [2.05, 4.69) is 154 Å². The van der Waals surface area contributed by atoms with Gasteiger partial charge in [0.25, 0.3) is 0 Å². The predicted octanol–water partition coefficient (Wildman–Crippen LogP) is 18.4. The van der Waals surface area contributed by atoms with Gasteiger partial charge in [-0.05, 0) is 109 Å². The van der Waals surface area contributed by atoms with E-state index in [0.29, 0.717) is 19.3 Å². The Morgan fingerprint density at radius 2 is 0.594 bits per heavy atom. The molecule has 0 aromatic carbocycles. The maximum atomic E-state index is 12.7. The highest BCUT2D eigenvalue weighted by Gasteiger charge is 2.19. The van der Waals surface area contributed by atoms with Crippen molar-refractivity contribution in [2.24, 2.45) is 0 Å². The number of unbranched alkanes of at least 4 members (excludes halogenated alkanes) is 12. The second-order valence-electron chi connectivity index (χ2n) is 17.4. The first kappa shape index (κ1) is 64.3. The smallest absolute Gasteiger partial charge is 0.306 e. The molecule has 0 amide bonds. The molecule has 69 heavy (non-hydrogen) atoms. The van der Waals surface area contributed by atoms with Gasteiger partial charge in [-0.15, -0.1) is 0 Å². The van der Waals surface area contributed by atoms with Gasteiger partial charge in [0.1, 0.15) is 13.2 Å². The van der Waals surface area contributed by atoms with Crippen LogP contribution in [0.1, 0.15) is 213 Å². The molecule has 0 aliphatic carbocycles. The van der Waals surface area contributed by atoms with Crippen LogP contribution in [0.2, 0.25) is 0 Å². The van der Waals surface area contributed by atoms with Crippen molar-refractivity contribution in [3.63, 3.8) is 0 Å². The Morgan fingerprint density at radius 3 is 0.942 bits per heavy atom. The highest BCUT2D eigenvalue weighted by molar-refractivity contribution is 5.71. The third-order valence-electron chi connectivity index (χ3n) is 10.9. The van der Waals surface area contributed by atoms with Crippen LogP contribution in [0.15, 0.2) is 146 Å². The van der Waals surface area contributed by atoms with E-state index in [-0.39, 0.29) is 31.6 Å². The van der Waals surface area contributed by atoms with Crippen LogP contribution in [-0.2, 0) is 28.6 Å². The summed E-state index contributed by atoms with van der Waals surface area (Å²) >= 11 is 0. The van der Waals surface area contributed by atoms with Crippen LogP contribution in [0.25, 0.3) is 0 Å². The Hall–Kier alpha value is -4.71. The Kier molecular flexibility index (Phi) is 52.1. The number of esters is 3. The molecule has 0 heterocycles. The molecule has 0 aliphatic rings. The number of carbonyl (C=O) groups excluding carboxylic acids is 3. The van der Waals surface area contributed by atoms with Crippen molar-refractivity contribution < 1.29 is 28.6 Å². The third-order valence-corrected chi connectivity index (χ3v) is 10.9. The summed E-state index contributed by atoms with van der Waals surface area (Å²) in [5.74, 6) is -1.03. The van der Waals surface area contributed by atoms with Gasteiger partial charge in [0.2, 0.25) is 0 Å². The number of hydrogen-bond acceptors (Lipinski definition) is 6. The van der Waals surface area contributed by atoms with Gasteiger partial charge >= 0.3 is 17.9 Å². The van der Waals surface area contributed by atoms with Gasteiger partial charge in [-0.3, -0.25) is 14.4 Å². The largest absolute Gasteiger partial charge is 0.462 e. The summed E-state index contributed by atoms with van der Waals surface area (Å²) < 4.78 is 16.6. The Balaban J connectivity index is 4.25. The van der Waals surface area contributed by atoms with Crippen LogP contribution in [0, 0.1) is 0 Å². The maximum absolute atomic E-state index is 12.7. The quantitative estimate of drug-likeness (QED) is 0.0262. The fourth-order valence-electron chi connectivity index (χ4n) is 6.82. The van der Waals surface area contributed by atoms with Crippen molar-refractivity contribution in [3.8, 4) is 0 Å². The molecule has 0 aromatic heterocycles. The molecule has 0 aromatic rings. The summed E-state index contributed by atoms with van der Waals surface area (Å²) in [7, 11) is 0. The topological polar surface area (TPSA) is 78.9 Å². The summed E-state index contributed by atoms with van der Waals surface area (Å²) in [4.78, 5) is 37.8. The standard InChI is InChI=1S/C63H98O6/c1-4-7-10-13-16-18-20-22-23-24-25-26-27-28-29-30-31-32-33-34-35-36-37-38-39-41-42-44-47-50-53-56-62(65)68-59-60(58-67-61(64)55-52-49-46-15-12-9-6-3)69-63(66)57-54-51-48-45-43-40-21-19-17-14-11-8-5-2/h7-8,10-11,16-19,22-23,25-26,28-29,31-32,34-35,37-38,40,43,48,51,60H,4-6,9,12-15,20-21,24,27,30,33,36,39,41-42,44-47,49-50,52-59H2,1-3H3/b10-7-,11-8-,18-16-,19-17-,23-22-,26-25-,29-28-,32-31-,35-34-,38-37-,43-40-,51-48-.